The minimum Gasteiger partial charge on any atom is -0.444 e. The largest absolute Gasteiger partial charge is 0.444 e. The summed E-state index contributed by atoms with van der Waals surface area (Å²) in [6, 6.07) is 6.18. The fourth-order valence-electron chi connectivity index (χ4n) is 3.12. The van der Waals surface area contributed by atoms with Gasteiger partial charge in [-0.15, -0.1) is 0 Å². The van der Waals surface area contributed by atoms with Crippen molar-refractivity contribution in [2.45, 2.75) is 32.4 Å². The first kappa shape index (κ1) is 22.7. The topological polar surface area (TPSA) is 89.5 Å². The summed E-state index contributed by atoms with van der Waals surface area (Å²) < 4.78 is 24.2. The van der Waals surface area contributed by atoms with Gasteiger partial charge in [0, 0.05) is 55.1 Å². The number of carbonyl (C=O) groups excluding carboxylic acids is 1. The lowest BCUT2D eigenvalue weighted by Gasteiger charge is -2.40. The SMILES string of the molecule is CC(C)(C)OC(=O)N1CC(Nc2cncc(-c3cnc(Oc4ccc(F)c(Cl)c4)nc3)c2)C1. The average Bonchev–Trinajstić information content (AvgIpc) is 2.72. The van der Waals surface area contributed by atoms with Gasteiger partial charge in [-0.3, -0.25) is 4.98 Å². The number of nitrogens with one attached hydrogen (secondary N) is 1. The minimum absolute atomic E-state index is 0.0415. The summed E-state index contributed by atoms with van der Waals surface area (Å²) in [6.45, 7) is 6.65. The third kappa shape index (κ3) is 5.87. The predicted octanol–water partition coefficient (Wildman–Crippen LogP) is 5.15. The lowest BCUT2D eigenvalue weighted by atomic mass is 10.1. The van der Waals surface area contributed by atoms with Crippen molar-refractivity contribution in [3.8, 4) is 22.9 Å². The van der Waals surface area contributed by atoms with Crippen molar-refractivity contribution in [3.63, 3.8) is 0 Å². The summed E-state index contributed by atoms with van der Waals surface area (Å²) in [4.78, 5) is 26.4. The molecule has 3 heterocycles. The molecule has 1 saturated heterocycles. The second kappa shape index (κ2) is 9.19. The standard InChI is InChI=1S/C23H23ClFN5O3/c1-23(2,3)33-22(31)30-12-17(13-30)29-16-6-14(8-26-11-16)15-9-27-21(28-10-15)32-18-4-5-20(25)19(24)7-18/h4-11,17,29H,12-13H2,1-3H3. The summed E-state index contributed by atoms with van der Waals surface area (Å²) >= 11 is 5.77. The molecule has 172 valence electrons. The van der Waals surface area contributed by atoms with E-state index in [-0.39, 0.29) is 23.2 Å². The molecule has 1 aromatic carbocycles. The molecule has 1 aliphatic heterocycles. The van der Waals surface area contributed by atoms with Crippen LogP contribution in [0.5, 0.6) is 11.8 Å². The van der Waals surface area contributed by atoms with Crippen molar-refractivity contribution in [1.29, 1.82) is 0 Å². The van der Waals surface area contributed by atoms with Crippen molar-refractivity contribution in [2.24, 2.45) is 0 Å². The van der Waals surface area contributed by atoms with Crippen molar-refractivity contribution in [1.82, 2.24) is 19.9 Å². The molecule has 0 unspecified atom stereocenters. The molecule has 0 saturated carbocycles. The third-order valence-electron chi connectivity index (χ3n) is 4.70. The number of aromatic nitrogens is 3. The molecule has 8 nitrogen and oxygen atoms in total. The molecule has 1 aliphatic rings. The van der Waals surface area contributed by atoms with E-state index < -0.39 is 11.4 Å². The number of hydrogen-bond acceptors (Lipinski definition) is 7. The molecule has 0 bridgehead atoms. The molecule has 0 atom stereocenters. The maximum atomic E-state index is 13.3. The monoisotopic (exact) mass is 471 g/mol. The molecule has 1 amide bonds. The summed E-state index contributed by atoms with van der Waals surface area (Å²) in [5.41, 5.74) is 1.88. The van der Waals surface area contributed by atoms with Crippen molar-refractivity contribution in [2.75, 3.05) is 18.4 Å². The fraction of sp³-hybridized carbons (Fsp3) is 0.304. The maximum absolute atomic E-state index is 13.3. The first-order valence-corrected chi connectivity index (χ1v) is 10.7. The van der Waals surface area contributed by atoms with Crippen LogP contribution < -0.4 is 10.1 Å². The van der Waals surface area contributed by atoms with E-state index in [1.807, 2.05) is 26.8 Å². The molecule has 33 heavy (non-hydrogen) atoms. The van der Waals surface area contributed by atoms with Crippen LogP contribution in [0.2, 0.25) is 5.02 Å². The van der Waals surface area contributed by atoms with Gasteiger partial charge in [0.05, 0.1) is 16.8 Å². The van der Waals surface area contributed by atoms with Gasteiger partial charge in [0.25, 0.3) is 0 Å². The Morgan fingerprint density at radius 1 is 1.12 bits per heavy atom. The smallest absolute Gasteiger partial charge is 0.410 e. The lowest BCUT2D eigenvalue weighted by Crippen LogP contribution is -2.57. The van der Waals surface area contributed by atoms with Crippen LogP contribution in [0.25, 0.3) is 11.1 Å². The molecule has 4 rings (SSSR count). The van der Waals surface area contributed by atoms with Gasteiger partial charge < -0.3 is 19.7 Å². The second-order valence-electron chi connectivity index (χ2n) is 8.62. The number of likely N-dealkylation sites (tertiary alicyclic amines) is 1. The normalized spacial score (nSPS) is 13.9. The van der Waals surface area contributed by atoms with E-state index in [1.165, 1.54) is 18.2 Å². The maximum Gasteiger partial charge on any atom is 0.410 e. The molecule has 1 fully saturated rings. The second-order valence-corrected chi connectivity index (χ2v) is 9.03. The first-order valence-electron chi connectivity index (χ1n) is 10.3. The molecule has 2 aromatic heterocycles. The van der Waals surface area contributed by atoms with Crippen LogP contribution in [0.3, 0.4) is 0 Å². The highest BCUT2D eigenvalue weighted by molar-refractivity contribution is 6.30. The Morgan fingerprint density at radius 3 is 2.52 bits per heavy atom. The van der Waals surface area contributed by atoms with Crippen molar-refractivity contribution < 1.29 is 18.7 Å². The van der Waals surface area contributed by atoms with E-state index in [4.69, 9.17) is 21.1 Å². The van der Waals surface area contributed by atoms with Crippen LogP contribution in [0, 0.1) is 5.82 Å². The van der Waals surface area contributed by atoms with Crippen molar-refractivity contribution in [3.05, 3.63) is 59.9 Å². The molecular weight excluding hydrogens is 449 g/mol. The molecule has 0 aliphatic carbocycles. The molecule has 0 spiro atoms. The number of pyridine rings is 1. The van der Waals surface area contributed by atoms with Crippen molar-refractivity contribution >= 4 is 23.4 Å². The number of nitrogens with zero attached hydrogens (tertiary/aromatic N) is 4. The predicted molar refractivity (Wildman–Crippen MR) is 122 cm³/mol. The van der Waals surface area contributed by atoms with Gasteiger partial charge in [0.15, 0.2) is 0 Å². The Bertz CT molecular complexity index is 1150. The number of halogens is 2. The Hall–Kier alpha value is -3.46. The molecule has 3 aromatic rings. The van der Waals surface area contributed by atoms with E-state index in [1.54, 1.807) is 29.7 Å². The van der Waals surface area contributed by atoms with Gasteiger partial charge in [-0.25, -0.2) is 19.2 Å². The number of carbonyl (C=O) groups is 1. The fourth-order valence-corrected chi connectivity index (χ4v) is 3.29. The summed E-state index contributed by atoms with van der Waals surface area (Å²) in [6.07, 6.45) is 6.34. The quantitative estimate of drug-likeness (QED) is 0.550. The summed E-state index contributed by atoms with van der Waals surface area (Å²) in [5, 5.41) is 3.33. The average molecular weight is 472 g/mol. The Morgan fingerprint density at radius 2 is 1.85 bits per heavy atom. The number of hydrogen-bond donors (Lipinski definition) is 1. The van der Waals surface area contributed by atoms with Crippen LogP contribution in [-0.2, 0) is 4.74 Å². The Balaban J connectivity index is 1.35. The number of amides is 1. The van der Waals surface area contributed by atoms with E-state index in [0.717, 1.165) is 16.8 Å². The van der Waals surface area contributed by atoms with Gasteiger partial charge >= 0.3 is 12.1 Å². The van der Waals surface area contributed by atoms with Crippen LogP contribution >= 0.6 is 11.6 Å². The van der Waals surface area contributed by atoms with E-state index in [0.29, 0.717) is 18.8 Å². The molecular formula is C23H23ClFN5O3. The van der Waals surface area contributed by atoms with Gasteiger partial charge in [-0.1, -0.05) is 11.6 Å². The van der Waals surface area contributed by atoms with Crippen LogP contribution in [-0.4, -0.2) is 50.7 Å². The zero-order chi connectivity index (χ0) is 23.6. The highest BCUT2D eigenvalue weighted by atomic mass is 35.5. The Labute approximate surface area is 195 Å². The van der Waals surface area contributed by atoms with E-state index >= 15 is 0 Å². The van der Waals surface area contributed by atoms with Crippen LogP contribution in [0.1, 0.15) is 20.8 Å². The first-order chi connectivity index (χ1) is 15.7. The highest BCUT2D eigenvalue weighted by Gasteiger charge is 2.33. The third-order valence-corrected chi connectivity index (χ3v) is 4.99. The highest BCUT2D eigenvalue weighted by Crippen LogP contribution is 2.26. The van der Waals surface area contributed by atoms with Gasteiger partial charge in [-0.2, -0.15) is 0 Å². The van der Waals surface area contributed by atoms with E-state index in [2.05, 4.69) is 20.3 Å². The molecule has 0 radical (unpaired) electrons. The Kier molecular flexibility index (Phi) is 6.33. The zero-order valence-electron chi connectivity index (χ0n) is 18.4. The van der Waals surface area contributed by atoms with Gasteiger partial charge in [0.1, 0.15) is 17.2 Å². The molecule has 10 heteroatoms. The van der Waals surface area contributed by atoms with E-state index in [9.17, 15) is 9.18 Å². The summed E-state index contributed by atoms with van der Waals surface area (Å²) in [7, 11) is 0. The number of benzene rings is 1. The number of ether oxygens (including phenoxy) is 2. The van der Waals surface area contributed by atoms with Gasteiger partial charge in [-0.05, 0) is 39.0 Å². The zero-order valence-corrected chi connectivity index (χ0v) is 19.1. The summed E-state index contributed by atoms with van der Waals surface area (Å²) in [5.74, 6) is -0.191. The molecule has 1 N–H and O–H groups in total. The number of anilines is 1. The van der Waals surface area contributed by atoms with Crippen LogP contribution in [0.15, 0.2) is 49.1 Å². The van der Waals surface area contributed by atoms with Crippen LogP contribution in [0.4, 0.5) is 14.9 Å². The number of rotatable bonds is 5. The lowest BCUT2D eigenvalue weighted by molar-refractivity contribution is 0.0105. The van der Waals surface area contributed by atoms with Gasteiger partial charge in [0.2, 0.25) is 0 Å². The minimum atomic E-state index is -0.527.